The van der Waals surface area contributed by atoms with Gasteiger partial charge in [0, 0.05) is 31.2 Å². The highest BCUT2D eigenvalue weighted by molar-refractivity contribution is 5.05. The maximum Gasteiger partial charge on any atom is 0.0357 e. The van der Waals surface area contributed by atoms with E-state index in [1.807, 2.05) is 0 Å². The zero-order valence-corrected chi connectivity index (χ0v) is 12.5. The zero-order valence-electron chi connectivity index (χ0n) is 12.5. The molecule has 1 aliphatic carbocycles. The van der Waals surface area contributed by atoms with Crippen molar-refractivity contribution in [2.45, 2.75) is 58.0 Å². The van der Waals surface area contributed by atoms with Crippen LogP contribution in [0.4, 0.5) is 0 Å². The maximum atomic E-state index is 6.17. The van der Waals surface area contributed by atoms with Crippen LogP contribution in [-0.4, -0.2) is 54.1 Å². The molecule has 0 bridgehead atoms. The predicted molar refractivity (Wildman–Crippen MR) is 77.7 cm³/mol. The maximum absolute atomic E-state index is 6.17. The first kappa shape index (κ1) is 14.3. The summed E-state index contributed by atoms with van der Waals surface area (Å²) >= 11 is 0. The fourth-order valence-electron chi connectivity index (χ4n) is 4.02. The summed E-state index contributed by atoms with van der Waals surface area (Å²) in [6.45, 7) is 12.6. The summed E-state index contributed by atoms with van der Waals surface area (Å²) in [7, 11) is 0. The van der Waals surface area contributed by atoms with Gasteiger partial charge in [-0.05, 0) is 44.7 Å². The molecule has 0 radical (unpaired) electrons. The van der Waals surface area contributed by atoms with Gasteiger partial charge >= 0.3 is 0 Å². The van der Waals surface area contributed by atoms with Crippen LogP contribution in [0, 0.1) is 5.92 Å². The lowest BCUT2D eigenvalue weighted by molar-refractivity contribution is 0.0831. The van der Waals surface area contributed by atoms with E-state index in [-0.39, 0.29) is 0 Å². The highest BCUT2D eigenvalue weighted by Gasteiger charge is 2.49. The number of likely N-dealkylation sites (N-methyl/N-ethyl adjacent to an activating group) is 1. The number of nitrogens with zero attached hydrogens (tertiary/aromatic N) is 2. The van der Waals surface area contributed by atoms with E-state index in [2.05, 4.69) is 30.6 Å². The summed E-state index contributed by atoms with van der Waals surface area (Å²) in [4.78, 5) is 5.34. The zero-order chi connectivity index (χ0) is 13.2. The smallest absolute Gasteiger partial charge is 0.0357 e. The quantitative estimate of drug-likeness (QED) is 0.752. The van der Waals surface area contributed by atoms with Gasteiger partial charge < -0.3 is 5.73 Å². The second-order valence-electron chi connectivity index (χ2n) is 6.05. The van der Waals surface area contributed by atoms with E-state index in [1.54, 1.807) is 0 Å². The lowest BCUT2D eigenvalue weighted by Gasteiger charge is -2.42. The minimum absolute atomic E-state index is 0.321. The molecule has 106 valence electrons. The Balaban J connectivity index is 2.02. The molecule has 2 fully saturated rings. The molecular formula is C15H31N3. The van der Waals surface area contributed by atoms with Gasteiger partial charge in [0.25, 0.3) is 0 Å². The molecule has 2 atom stereocenters. The standard InChI is InChI=1S/C15H31N3/c1-4-15(12-16,13-7-8-13)18-10-9-14(11-18)17(5-2)6-3/h13-14H,4-12,16H2,1-3H3. The molecule has 0 amide bonds. The lowest BCUT2D eigenvalue weighted by atomic mass is 9.88. The first-order chi connectivity index (χ1) is 8.71. The van der Waals surface area contributed by atoms with Crippen molar-refractivity contribution in [2.75, 3.05) is 32.7 Å². The Morgan fingerprint density at radius 1 is 1.17 bits per heavy atom. The Morgan fingerprint density at radius 3 is 2.28 bits per heavy atom. The molecule has 1 saturated heterocycles. The molecular weight excluding hydrogens is 222 g/mol. The van der Waals surface area contributed by atoms with Crippen LogP contribution in [-0.2, 0) is 0 Å². The molecule has 2 aliphatic rings. The number of likely N-dealkylation sites (tertiary alicyclic amines) is 1. The van der Waals surface area contributed by atoms with E-state index in [0.29, 0.717) is 5.54 Å². The van der Waals surface area contributed by atoms with Gasteiger partial charge in [-0.2, -0.15) is 0 Å². The third-order valence-electron chi connectivity index (χ3n) is 5.42. The monoisotopic (exact) mass is 253 g/mol. The first-order valence-electron chi connectivity index (χ1n) is 7.91. The Labute approximate surface area is 113 Å². The van der Waals surface area contributed by atoms with Crippen LogP contribution in [0.3, 0.4) is 0 Å². The van der Waals surface area contributed by atoms with Gasteiger partial charge in [0.05, 0.1) is 0 Å². The molecule has 3 heteroatoms. The van der Waals surface area contributed by atoms with Crippen LogP contribution in [0.25, 0.3) is 0 Å². The molecule has 1 heterocycles. The fourth-order valence-corrected chi connectivity index (χ4v) is 4.02. The topological polar surface area (TPSA) is 32.5 Å². The molecule has 0 aromatic heterocycles. The van der Waals surface area contributed by atoms with Crippen LogP contribution in [0.1, 0.15) is 46.5 Å². The third-order valence-corrected chi connectivity index (χ3v) is 5.42. The average molecular weight is 253 g/mol. The number of nitrogens with two attached hydrogens (primary N) is 1. The minimum atomic E-state index is 0.321. The van der Waals surface area contributed by atoms with E-state index in [9.17, 15) is 0 Å². The van der Waals surface area contributed by atoms with Crippen LogP contribution in [0.5, 0.6) is 0 Å². The van der Waals surface area contributed by atoms with E-state index in [0.717, 1.165) is 18.5 Å². The van der Waals surface area contributed by atoms with Crippen molar-refractivity contribution in [3.63, 3.8) is 0 Å². The van der Waals surface area contributed by atoms with E-state index >= 15 is 0 Å². The second-order valence-corrected chi connectivity index (χ2v) is 6.05. The van der Waals surface area contributed by atoms with E-state index in [1.165, 1.54) is 51.9 Å². The average Bonchev–Trinajstić information content (AvgIpc) is 3.13. The van der Waals surface area contributed by atoms with Gasteiger partial charge in [-0.15, -0.1) is 0 Å². The van der Waals surface area contributed by atoms with Crippen LogP contribution >= 0.6 is 0 Å². The van der Waals surface area contributed by atoms with E-state index in [4.69, 9.17) is 5.73 Å². The van der Waals surface area contributed by atoms with Crippen molar-refractivity contribution in [1.82, 2.24) is 9.80 Å². The summed E-state index contributed by atoms with van der Waals surface area (Å²) < 4.78 is 0. The molecule has 0 spiro atoms. The Morgan fingerprint density at radius 2 is 1.83 bits per heavy atom. The molecule has 0 aromatic carbocycles. The number of hydrogen-bond acceptors (Lipinski definition) is 3. The van der Waals surface area contributed by atoms with Crippen molar-refractivity contribution < 1.29 is 0 Å². The summed E-state index contributed by atoms with van der Waals surface area (Å²) in [5.41, 5.74) is 6.49. The lowest BCUT2D eigenvalue weighted by Crippen LogP contribution is -2.55. The Kier molecular flexibility index (Phi) is 4.68. The fraction of sp³-hybridized carbons (Fsp3) is 1.00. The Bertz CT molecular complexity index is 254. The molecule has 2 rings (SSSR count). The predicted octanol–water partition coefficient (Wildman–Crippen LogP) is 1.92. The van der Waals surface area contributed by atoms with Crippen molar-refractivity contribution in [3.8, 4) is 0 Å². The van der Waals surface area contributed by atoms with Crippen molar-refractivity contribution in [3.05, 3.63) is 0 Å². The largest absolute Gasteiger partial charge is 0.329 e. The molecule has 2 N–H and O–H groups in total. The molecule has 0 aromatic rings. The normalized spacial score (nSPS) is 28.8. The SMILES string of the molecule is CCN(CC)C1CCN(C(CC)(CN)C2CC2)C1. The summed E-state index contributed by atoms with van der Waals surface area (Å²) in [6.07, 6.45) is 5.35. The molecule has 1 saturated carbocycles. The first-order valence-corrected chi connectivity index (χ1v) is 7.91. The second kappa shape index (κ2) is 5.89. The molecule has 18 heavy (non-hydrogen) atoms. The molecule has 3 nitrogen and oxygen atoms in total. The van der Waals surface area contributed by atoms with Gasteiger partial charge in [0.1, 0.15) is 0 Å². The number of hydrogen-bond donors (Lipinski definition) is 1. The van der Waals surface area contributed by atoms with Gasteiger partial charge in [0.15, 0.2) is 0 Å². The molecule has 2 unspecified atom stereocenters. The third kappa shape index (κ3) is 2.45. The van der Waals surface area contributed by atoms with E-state index < -0.39 is 0 Å². The van der Waals surface area contributed by atoms with Gasteiger partial charge in [-0.25, -0.2) is 0 Å². The highest BCUT2D eigenvalue weighted by Crippen LogP contribution is 2.45. The van der Waals surface area contributed by atoms with Crippen LogP contribution in [0.15, 0.2) is 0 Å². The summed E-state index contributed by atoms with van der Waals surface area (Å²) in [5.74, 6) is 0.878. The van der Waals surface area contributed by atoms with Crippen molar-refractivity contribution in [1.29, 1.82) is 0 Å². The Hall–Kier alpha value is -0.120. The van der Waals surface area contributed by atoms with Gasteiger partial charge in [-0.1, -0.05) is 20.8 Å². The van der Waals surface area contributed by atoms with Gasteiger partial charge in [-0.3, -0.25) is 9.80 Å². The van der Waals surface area contributed by atoms with Crippen LogP contribution < -0.4 is 5.73 Å². The highest BCUT2D eigenvalue weighted by atomic mass is 15.3. The van der Waals surface area contributed by atoms with Crippen molar-refractivity contribution in [2.24, 2.45) is 11.7 Å². The minimum Gasteiger partial charge on any atom is -0.329 e. The number of rotatable bonds is 7. The summed E-state index contributed by atoms with van der Waals surface area (Å²) in [5, 5.41) is 0. The van der Waals surface area contributed by atoms with Crippen LogP contribution in [0.2, 0.25) is 0 Å². The molecule has 1 aliphatic heterocycles. The summed E-state index contributed by atoms with van der Waals surface area (Å²) in [6, 6.07) is 0.760. The van der Waals surface area contributed by atoms with Crippen molar-refractivity contribution >= 4 is 0 Å². The van der Waals surface area contributed by atoms with Gasteiger partial charge in [0.2, 0.25) is 0 Å².